The minimum atomic E-state index is -4.17. The van der Waals surface area contributed by atoms with Crippen molar-refractivity contribution >= 4 is 55.4 Å². The highest BCUT2D eigenvalue weighted by Crippen LogP contribution is 2.48. The van der Waals surface area contributed by atoms with Crippen LogP contribution in [0.1, 0.15) is 29.0 Å². The minimum Gasteiger partial charge on any atom is -0.481 e. The minimum absolute atomic E-state index is 0.000327. The summed E-state index contributed by atoms with van der Waals surface area (Å²) in [6.07, 6.45) is -0.387. The Morgan fingerprint density at radius 1 is 1.04 bits per heavy atom. The van der Waals surface area contributed by atoms with Crippen LogP contribution < -0.4 is 9.64 Å². The number of carbonyl (C=O) groups excluding carboxylic acids is 2. The fraction of sp³-hybridized carbons (Fsp3) is 0.344. The van der Waals surface area contributed by atoms with Crippen LogP contribution in [0.4, 0.5) is 10.5 Å². The molecule has 1 saturated heterocycles. The van der Waals surface area contributed by atoms with Crippen LogP contribution in [0.3, 0.4) is 0 Å². The van der Waals surface area contributed by atoms with Crippen LogP contribution in [0.2, 0.25) is 0 Å². The van der Waals surface area contributed by atoms with E-state index < -0.39 is 27.5 Å². The van der Waals surface area contributed by atoms with Gasteiger partial charge in [-0.1, -0.05) is 41.7 Å². The number of benzene rings is 2. The number of aromatic nitrogens is 2. The molecule has 0 saturated carbocycles. The molecule has 0 aliphatic carbocycles. The van der Waals surface area contributed by atoms with Crippen molar-refractivity contribution in [3.05, 3.63) is 76.8 Å². The van der Waals surface area contributed by atoms with Crippen molar-refractivity contribution in [2.75, 3.05) is 45.3 Å². The van der Waals surface area contributed by atoms with E-state index in [1.54, 1.807) is 58.3 Å². The molecule has 4 heterocycles. The zero-order chi connectivity index (χ0) is 33.3. The summed E-state index contributed by atoms with van der Waals surface area (Å²) in [4.78, 5) is 50.7. The third-order valence-corrected chi connectivity index (χ3v) is 11.4. The van der Waals surface area contributed by atoms with E-state index in [-0.39, 0.29) is 49.8 Å². The summed E-state index contributed by atoms with van der Waals surface area (Å²) in [5, 5.41) is 9.93. The van der Waals surface area contributed by atoms with Gasteiger partial charge in [-0.15, -0.1) is 0 Å². The molecule has 0 radical (unpaired) electrons. The highest BCUT2D eigenvalue weighted by Gasteiger charge is 2.50. The number of hydrogen-bond acceptors (Lipinski definition) is 10. The van der Waals surface area contributed by atoms with E-state index in [4.69, 9.17) is 9.47 Å². The molecule has 6 rings (SSSR count). The first kappa shape index (κ1) is 32.3. The molecule has 47 heavy (non-hydrogen) atoms. The Morgan fingerprint density at radius 3 is 2.55 bits per heavy atom. The average Bonchev–Trinajstić information content (AvgIpc) is 3.77. The van der Waals surface area contributed by atoms with Crippen molar-refractivity contribution in [1.29, 1.82) is 0 Å². The Hall–Kier alpha value is -4.60. The molecule has 15 heteroatoms. The van der Waals surface area contributed by atoms with Gasteiger partial charge in [0.15, 0.2) is 0 Å². The standard InChI is InChI=1S/C32H33N5O8S2/c1-44-26-11-9-24-30(34-26)46-27(33-24)17-28(38)37-20-32(13-15-35(19-32)31(41)45-2)23-16-22(8-10-25(23)37)47(42,43)36(14-12-29(39)40)18-21-6-4-3-5-7-21/h3-11,16H,12-15,17-20H2,1-2H3,(H,39,40)/t32-/m1/s1. The summed E-state index contributed by atoms with van der Waals surface area (Å²) in [6, 6.07) is 17.1. The predicted octanol–water partition coefficient (Wildman–Crippen LogP) is 3.66. The molecule has 4 aromatic rings. The third kappa shape index (κ3) is 6.38. The zero-order valence-electron chi connectivity index (χ0n) is 25.8. The van der Waals surface area contributed by atoms with E-state index in [2.05, 4.69) is 9.97 Å². The van der Waals surface area contributed by atoms with E-state index in [9.17, 15) is 27.9 Å². The molecule has 2 aromatic heterocycles. The number of rotatable bonds is 10. The second kappa shape index (κ2) is 12.9. The number of carboxylic acids is 1. The summed E-state index contributed by atoms with van der Waals surface area (Å²) in [6.45, 7) is 0.607. The Bertz CT molecular complexity index is 1950. The van der Waals surface area contributed by atoms with Crippen LogP contribution in [-0.4, -0.2) is 91.1 Å². The quantitative estimate of drug-likeness (QED) is 0.262. The van der Waals surface area contributed by atoms with Gasteiger partial charge >= 0.3 is 12.1 Å². The lowest BCUT2D eigenvalue weighted by molar-refractivity contribution is -0.137. The molecule has 1 fully saturated rings. The monoisotopic (exact) mass is 679 g/mol. The number of ether oxygens (including phenoxy) is 2. The molecule has 2 amide bonds. The van der Waals surface area contributed by atoms with E-state index in [1.807, 2.05) is 6.07 Å². The first-order chi connectivity index (χ1) is 22.5. The summed E-state index contributed by atoms with van der Waals surface area (Å²) < 4.78 is 39.5. The SMILES string of the molecule is COC(=O)N1CC[C@@]2(C1)CN(C(=O)Cc1nc3ccc(OC)nc3s1)c1ccc(S(=O)(=O)N(CCC(=O)O)Cc3ccccc3)cc12. The van der Waals surface area contributed by atoms with Crippen molar-refractivity contribution in [1.82, 2.24) is 19.2 Å². The normalized spacial score (nSPS) is 17.4. The molecule has 246 valence electrons. The fourth-order valence-corrected chi connectivity index (χ4v) is 8.61. The van der Waals surface area contributed by atoms with Crippen molar-refractivity contribution in [2.45, 2.75) is 36.1 Å². The number of anilines is 1. The maximum Gasteiger partial charge on any atom is 0.409 e. The first-order valence-corrected chi connectivity index (χ1v) is 17.1. The second-order valence-corrected chi connectivity index (χ2v) is 14.5. The number of likely N-dealkylation sites (tertiary alicyclic amines) is 1. The third-order valence-electron chi connectivity index (χ3n) is 8.58. The number of fused-ring (bicyclic) bond motifs is 3. The van der Waals surface area contributed by atoms with E-state index in [0.717, 1.165) is 4.31 Å². The molecule has 0 unspecified atom stereocenters. The highest BCUT2D eigenvalue weighted by atomic mass is 32.2. The number of methoxy groups -OCH3 is 2. The molecule has 1 atom stereocenters. The Labute approximate surface area is 275 Å². The Kier molecular flexibility index (Phi) is 8.87. The van der Waals surface area contributed by atoms with Crippen molar-refractivity contribution in [2.24, 2.45) is 0 Å². The van der Waals surface area contributed by atoms with Crippen LogP contribution >= 0.6 is 11.3 Å². The maximum atomic E-state index is 14.1. The van der Waals surface area contributed by atoms with Crippen LogP contribution in [0.5, 0.6) is 5.88 Å². The van der Waals surface area contributed by atoms with Gasteiger partial charge in [-0.2, -0.15) is 4.31 Å². The lowest BCUT2D eigenvalue weighted by Gasteiger charge is -2.26. The van der Waals surface area contributed by atoms with Crippen LogP contribution in [-0.2, 0) is 42.7 Å². The van der Waals surface area contributed by atoms with Crippen molar-refractivity contribution in [3.8, 4) is 5.88 Å². The van der Waals surface area contributed by atoms with Gasteiger partial charge < -0.3 is 24.4 Å². The van der Waals surface area contributed by atoms with Crippen LogP contribution in [0, 0.1) is 0 Å². The summed E-state index contributed by atoms with van der Waals surface area (Å²) in [5.41, 5.74) is 1.81. The second-order valence-electron chi connectivity index (χ2n) is 11.5. The Balaban J connectivity index is 1.35. The molecular formula is C32H33N5O8S2. The van der Waals surface area contributed by atoms with Gasteiger partial charge in [-0.25, -0.2) is 23.2 Å². The van der Waals surface area contributed by atoms with Gasteiger partial charge in [-0.3, -0.25) is 9.59 Å². The maximum absolute atomic E-state index is 14.1. The van der Waals surface area contributed by atoms with E-state index >= 15 is 0 Å². The van der Waals surface area contributed by atoms with Crippen LogP contribution in [0.25, 0.3) is 10.3 Å². The number of hydrogen-bond donors (Lipinski definition) is 1. The first-order valence-electron chi connectivity index (χ1n) is 14.9. The van der Waals surface area contributed by atoms with E-state index in [1.165, 1.54) is 31.6 Å². The van der Waals surface area contributed by atoms with Gasteiger partial charge in [-0.05, 0) is 41.8 Å². The van der Waals surface area contributed by atoms with Gasteiger partial charge in [0.2, 0.25) is 21.8 Å². The topological polar surface area (TPSA) is 160 Å². The molecule has 0 bridgehead atoms. The van der Waals surface area contributed by atoms with Gasteiger partial charge in [0, 0.05) is 49.9 Å². The lowest BCUT2D eigenvalue weighted by Crippen LogP contribution is -2.40. The molecule has 2 aromatic carbocycles. The number of pyridine rings is 1. The number of sulfonamides is 1. The zero-order valence-corrected chi connectivity index (χ0v) is 27.4. The molecule has 1 N–H and O–H groups in total. The van der Waals surface area contributed by atoms with E-state index in [0.29, 0.717) is 51.0 Å². The average molecular weight is 680 g/mol. The number of thiazole rings is 1. The smallest absolute Gasteiger partial charge is 0.409 e. The van der Waals surface area contributed by atoms with Gasteiger partial charge in [0.05, 0.1) is 32.0 Å². The summed E-state index contributed by atoms with van der Waals surface area (Å²) >= 11 is 1.30. The molecule has 13 nitrogen and oxygen atoms in total. The number of aliphatic carboxylic acids is 1. The van der Waals surface area contributed by atoms with Crippen molar-refractivity contribution in [3.63, 3.8) is 0 Å². The number of nitrogens with zero attached hydrogens (tertiary/aromatic N) is 5. The van der Waals surface area contributed by atoms with Gasteiger partial charge in [0.25, 0.3) is 0 Å². The highest BCUT2D eigenvalue weighted by molar-refractivity contribution is 7.89. The van der Waals surface area contributed by atoms with Crippen LogP contribution in [0.15, 0.2) is 65.6 Å². The molecule has 2 aliphatic heterocycles. The number of amides is 2. The largest absolute Gasteiger partial charge is 0.481 e. The molecule has 1 spiro atoms. The summed E-state index contributed by atoms with van der Waals surface area (Å²) in [5.74, 6) is -0.896. The number of carbonyl (C=O) groups is 3. The fourth-order valence-electron chi connectivity index (χ4n) is 6.24. The summed E-state index contributed by atoms with van der Waals surface area (Å²) in [7, 11) is -1.34. The lowest BCUT2D eigenvalue weighted by atomic mass is 9.81. The van der Waals surface area contributed by atoms with Crippen molar-refractivity contribution < 1.29 is 37.4 Å². The predicted molar refractivity (Wildman–Crippen MR) is 173 cm³/mol. The Morgan fingerprint density at radius 2 is 1.83 bits per heavy atom. The molecular weight excluding hydrogens is 647 g/mol. The van der Waals surface area contributed by atoms with Gasteiger partial charge in [0.1, 0.15) is 15.4 Å². The number of carboxylic acid groups (broad SMARTS) is 1. The molecule has 2 aliphatic rings.